The summed E-state index contributed by atoms with van der Waals surface area (Å²) in [7, 11) is 0. The summed E-state index contributed by atoms with van der Waals surface area (Å²) >= 11 is 11.9. The minimum atomic E-state index is -0.919. The number of hydrogen-bond donors (Lipinski definition) is 2. The van der Waals surface area contributed by atoms with E-state index in [0.29, 0.717) is 22.2 Å². The minimum absolute atomic E-state index is 0.0439. The van der Waals surface area contributed by atoms with E-state index in [-0.39, 0.29) is 12.5 Å². The number of ether oxygens (including phenoxy) is 1. The summed E-state index contributed by atoms with van der Waals surface area (Å²) in [4.78, 5) is 12.4. The fourth-order valence-corrected chi connectivity index (χ4v) is 3.32. The number of carbonyl (C=O) groups excluding carboxylic acids is 1. The molecule has 0 saturated carbocycles. The fraction of sp³-hybridized carbons (Fsp3) is 0.278. The zero-order chi connectivity index (χ0) is 17.1. The minimum Gasteiger partial charge on any atom is -0.387 e. The van der Waals surface area contributed by atoms with E-state index in [2.05, 4.69) is 5.32 Å². The van der Waals surface area contributed by atoms with Gasteiger partial charge < -0.3 is 15.2 Å². The van der Waals surface area contributed by atoms with Crippen molar-refractivity contribution in [3.8, 4) is 0 Å². The topological polar surface area (TPSA) is 58.6 Å². The van der Waals surface area contributed by atoms with Crippen LogP contribution in [0.5, 0.6) is 0 Å². The third kappa shape index (κ3) is 3.73. The molecule has 0 saturated heterocycles. The number of aliphatic hydroxyl groups excluding tert-OH is 1. The Labute approximate surface area is 150 Å². The van der Waals surface area contributed by atoms with Crippen LogP contribution in [0.2, 0.25) is 10.0 Å². The van der Waals surface area contributed by atoms with Crippen molar-refractivity contribution in [2.75, 3.05) is 13.2 Å². The van der Waals surface area contributed by atoms with Gasteiger partial charge in [0.05, 0.1) is 12.7 Å². The molecule has 126 valence electrons. The predicted octanol–water partition coefficient (Wildman–Crippen LogP) is 3.46. The molecule has 0 fully saturated rings. The van der Waals surface area contributed by atoms with Gasteiger partial charge in [-0.15, -0.1) is 0 Å². The quantitative estimate of drug-likeness (QED) is 0.872. The van der Waals surface area contributed by atoms with E-state index < -0.39 is 12.2 Å². The molecule has 2 N–H and O–H groups in total. The molecule has 4 nitrogen and oxygen atoms in total. The van der Waals surface area contributed by atoms with E-state index in [1.54, 1.807) is 18.2 Å². The summed E-state index contributed by atoms with van der Waals surface area (Å²) in [5, 5.41) is 13.8. The zero-order valence-corrected chi connectivity index (χ0v) is 14.3. The van der Waals surface area contributed by atoms with E-state index in [1.807, 2.05) is 24.3 Å². The fourth-order valence-electron chi connectivity index (χ4n) is 2.78. The zero-order valence-electron chi connectivity index (χ0n) is 12.8. The van der Waals surface area contributed by atoms with Gasteiger partial charge in [-0.05, 0) is 29.7 Å². The number of amides is 1. The first-order valence-corrected chi connectivity index (χ1v) is 8.42. The maximum Gasteiger partial charge on any atom is 0.253 e. The lowest BCUT2D eigenvalue weighted by Crippen LogP contribution is -2.36. The lowest BCUT2D eigenvalue weighted by atomic mass is 9.97. The molecule has 0 aromatic heterocycles. The molecular formula is C18H17Cl2NO3. The molecule has 2 aromatic carbocycles. The normalized spacial score (nSPS) is 17.9. The number of benzene rings is 2. The smallest absolute Gasteiger partial charge is 0.253 e. The van der Waals surface area contributed by atoms with Gasteiger partial charge in [-0.3, -0.25) is 4.79 Å². The lowest BCUT2D eigenvalue weighted by molar-refractivity contribution is -0.134. The standard InChI is InChI=1S/C18H17Cl2NO3/c19-12-5-6-14(15(20)9-12)16(22)10-21-18(23)17-13-4-2-1-3-11(13)7-8-24-17/h1-6,9,16-17,22H,7-8,10H2,(H,21,23)/t16-,17-/m1/s1. The van der Waals surface area contributed by atoms with Gasteiger partial charge in [0.15, 0.2) is 6.10 Å². The van der Waals surface area contributed by atoms with E-state index in [1.165, 1.54) is 0 Å². The number of nitrogens with one attached hydrogen (secondary N) is 1. The van der Waals surface area contributed by atoms with Crippen molar-refractivity contribution in [1.29, 1.82) is 0 Å². The molecular weight excluding hydrogens is 349 g/mol. The number of carbonyl (C=O) groups is 1. The van der Waals surface area contributed by atoms with Crippen LogP contribution >= 0.6 is 23.2 Å². The number of fused-ring (bicyclic) bond motifs is 1. The van der Waals surface area contributed by atoms with Gasteiger partial charge in [0.1, 0.15) is 0 Å². The summed E-state index contributed by atoms with van der Waals surface area (Å²) in [6.45, 7) is 0.545. The van der Waals surface area contributed by atoms with Gasteiger partial charge >= 0.3 is 0 Å². The van der Waals surface area contributed by atoms with Crippen molar-refractivity contribution < 1.29 is 14.6 Å². The number of rotatable bonds is 4. The van der Waals surface area contributed by atoms with Crippen molar-refractivity contribution in [3.05, 3.63) is 69.2 Å². The summed E-state index contributed by atoms with van der Waals surface area (Å²) in [5.74, 6) is -0.272. The van der Waals surface area contributed by atoms with Crippen molar-refractivity contribution in [3.63, 3.8) is 0 Å². The van der Waals surface area contributed by atoms with Gasteiger partial charge in [-0.25, -0.2) is 0 Å². The van der Waals surface area contributed by atoms with E-state index >= 15 is 0 Å². The van der Waals surface area contributed by atoms with Crippen LogP contribution in [0.25, 0.3) is 0 Å². The van der Waals surface area contributed by atoms with Crippen LogP contribution in [0.3, 0.4) is 0 Å². The molecule has 24 heavy (non-hydrogen) atoms. The second kappa shape index (κ2) is 7.53. The summed E-state index contributed by atoms with van der Waals surface area (Å²) in [6, 6.07) is 12.6. The first-order chi connectivity index (χ1) is 11.6. The lowest BCUT2D eigenvalue weighted by Gasteiger charge is -2.25. The average Bonchev–Trinajstić information content (AvgIpc) is 2.59. The Bertz CT molecular complexity index is 751. The molecule has 0 bridgehead atoms. The average molecular weight is 366 g/mol. The van der Waals surface area contributed by atoms with E-state index in [9.17, 15) is 9.90 Å². The Morgan fingerprint density at radius 2 is 2.08 bits per heavy atom. The molecule has 2 atom stereocenters. The first-order valence-electron chi connectivity index (χ1n) is 7.66. The number of halogens is 2. The van der Waals surface area contributed by atoms with Crippen LogP contribution in [-0.2, 0) is 16.0 Å². The van der Waals surface area contributed by atoms with Crippen LogP contribution in [0.15, 0.2) is 42.5 Å². The van der Waals surface area contributed by atoms with Crippen LogP contribution in [-0.4, -0.2) is 24.2 Å². The predicted molar refractivity (Wildman–Crippen MR) is 93.3 cm³/mol. The Morgan fingerprint density at radius 1 is 1.29 bits per heavy atom. The summed E-state index contributed by atoms with van der Waals surface area (Å²) in [6.07, 6.45) is -0.774. The van der Waals surface area contributed by atoms with Crippen LogP contribution in [0.1, 0.15) is 28.9 Å². The highest BCUT2D eigenvalue weighted by Gasteiger charge is 2.27. The number of aliphatic hydroxyl groups is 1. The van der Waals surface area contributed by atoms with Crippen molar-refractivity contribution >= 4 is 29.1 Å². The van der Waals surface area contributed by atoms with Gasteiger partial charge in [-0.2, -0.15) is 0 Å². The van der Waals surface area contributed by atoms with Crippen molar-refractivity contribution in [1.82, 2.24) is 5.32 Å². The highest BCUT2D eigenvalue weighted by Crippen LogP contribution is 2.28. The molecule has 1 amide bonds. The Kier molecular flexibility index (Phi) is 5.41. The van der Waals surface area contributed by atoms with E-state index in [0.717, 1.165) is 17.5 Å². The largest absolute Gasteiger partial charge is 0.387 e. The SMILES string of the molecule is O=C(NC[C@@H](O)c1ccc(Cl)cc1Cl)[C@@H]1OCCc2ccccc21. The van der Waals surface area contributed by atoms with Gasteiger partial charge in [-0.1, -0.05) is 53.5 Å². The third-order valence-electron chi connectivity index (χ3n) is 4.02. The summed E-state index contributed by atoms with van der Waals surface area (Å²) in [5.41, 5.74) is 2.51. The molecule has 0 unspecified atom stereocenters. The second-order valence-corrected chi connectivity index (χ2v) is 6.47. The molecule has 0 aliphatic carbocycles. The third-order valence-corrected chi connectivity index (χ3v) is 4.59. The van der Waals surface area contributed by atoms with Gasteiger partial charge in [0.2, 0.25) is 0 Å². The molecule has 3 rings (SSSR count). The Morgan fingerprint density at radius 3 is 2.88 bits per heavy atom. The maximum absolute atomic E-state index is 12.4. The van der Waals surface area contributed by atoms with Crippen LogP contribution < -0.4 is 5.32 Å². The molecule has 0 spiro atoms. The van der Waals surface area contributed by atoms with Crippen molar-refractivity contribution in [2.45, 2.75) is 18.6 Å². The summed E-state index contributed by atoms with van der Waals surface area (Å²) < 4.78 is 5.61. The van der Waals surface area contributed by atoms with Crippen LogP contribution in [0, 0.1) is 0 Å². The van der Waals surface area contributed by atoms with Crippen LogP contribution in [0.4, 0.5) is 0 Å². The van der Waals surface area contributed by atoms with E-state index in [4.69, 9.17) is 27.9 Å². The second-order valence-electron chi connectivity index (χ2n) is 5.63. The maximum atomic E-state index is 12.4. The highest BCUT2D eigenvalue weighted by molar-refractivity contribution is 6.35. The van der Waals surface area contributed by atoms with Crippen molar-refractivity contribution in [2.24, 2.45) is 0 Å². The number of hydrogen-bond acceptors (Lipinski definition) is 3. The Hall–Kier alpha value is -1.59. The molecule has 0 radical (unpaired) electrons. The molecule has 2 aromatic rings. The molecule has 1 aliphatic heterocycles. The first kappa shape index (κ1) is 17.2. The van der Waals surface area contributed by atoms with Gasteiger partial charge in [0.25, 0.3) is 5.91 Å². The molecule has 1 heterocycles. The molecule has 1 aliphatic rings. The molecule has 6 heteroatoms. The highest BCUT2D eigenvalue weighted by atomic mass is 35.5. The monoisotopic (exact) mass is 365 g/mol. The van der Waals surface area contributed by atoms with Gasteiger partial charge in [0, 0.05) is 22.2 Å². The Balaban J connectivity index is 1.66.